The molecule has 8 N–H and O–H groups in total. The number of rotatable bonds is 13. The summed E-state index contributed by atoms with van der Waals surface area (Å²) in [6, 6.07) is 0. The first kappa shape index (κ1) is 34.4. The Labute approximate surface area is 248 Å². The molecule has 0 aromatic carbocycles. The van der Waals surface area contributed by atoms with Crippen LogP contribution in [0.4, 0.5) is 0 Å². The maximum Gasteiger partial charge on any atom is 0.490 e. The molecular weight excluding hydrogens is 675 g/mol. The van der Waals surface area contributed by atoms with Crippen LogP contribution in [0.15, 0.2) is 39.3 Å². The van der Waals surface area contributed by atoms with Crippen molar-refractivity contribution >= 4 is 46.6 Å². The van der Waals surface area contributed by atoms with Gasteiger partial charge in [-0.15, -0.1) is 0 Å². The van der Waals surface area contributed by atoms with Gasteiger partial charge in [0.1, 0.15) is 12.3 Å². The average molecular weight is 699 g/mol. The van der Waals surface area contributed by atoms with Crippen LogP contribution in [0, 0.1) is 0 Å². The summed E-state index contributed by atoms with van der Waals surface area (Å²) in [5.74, 6) is -0.624. The van der Waals surface area contributed by atoms with Crippen molar-refractivity contribution in [3.05, 3.63) is 61.7 Å². The van der Waals surface area contributed by atoms with E-state index in [1.54, 1.807) is 4.57 Å². The summed E-state index contributed by atoms with van der Waals surface area (Å²) < 4.78 is 53.6. The van der Waals surface area contributed by atoms with E-state index in [9.17, 15) is 47.8 Å². The van der Waals surface area contributed by atoms with Gasteiger partial charge in [0.25, 0.3) is 11.1 Å². The fourth-order valence-corrected chi connectivity index (χ4v) is 6.95. The number of fused-ring (bicyclic) bond motifs is 1. The number of nitrogens with zero attached hydrogens (tertiary/aromatic N) is 4. The van der Waals surface area contributed by atoms with Crippen molar-refractivity contribution in [1.29, 1.82) is 0 Å². The zero-order valence-electron chi connectivity index (χ0n) is 22.3. The minimum atomic E-state index is -5.77. The predicted octanol–water partition coefficient (Wildman–Crippen LogP) is -2.21. The van der Waals surface area contributed by atoms with Gasteiger partial charge < -0.3 is 44.3 Å². The van der Waals surface area contributed by atoms with Gasteiger partial charge in [-0.3, -0.25) is 28.5 Å². The van der Waals surface area contributed by atoms with E-state index in [0.717, 1.165) is 22.9 Å². The molecule has 23 nitrogen and oxygen atoms in total. The van der Waals surface area contributed by atoms with E-state index in [1.165, 1.54) is 12.7 Å². The minimum absolute atomic E-state index is 0.0919. The van der Waals surface area contributed by atoms with Crippen LogP contribution in [0.2, 0.25) is 0 Å². The van der Waals surface area contributed by atoms with E-state index in [0.29, 0.717) is 5.65 Å². The van der Waals surface area contributed by atoms with Gasteiger partial charge in [0.15, 0.2) is 11.2 Å². The lowest BCUT2D eigenvalue weighted by molar-refractivity contribution is -0.116. The molecule has 26 heteroatoms. The first-order valence-electron chi connectivity index (χ1n) is 12.2. The second-order valence-corrected chi connectivity index (χ2v) is 13.5. The van der Waals surface area contributed by atoms with Crippen molar-refractivity contribution in [3.63, 3.8) is 0 Å². The Hall–Kier alpha value is -3.43. The van der Waals surface area contributed by atoms with Crippen LogP contribution in [0.5, 0.6) is 0 Å². The normalized spacial score (nSPS) is 21.6. The number of ether oxygens (including phenoxy) is 1. The summed E-state index contributed by atoms with van der Waals surface area (Å²) in [5.41, 5.74) is -2.01. The Morgan fingerprint density at radius 2 is 1.84 bits per heavy atom. The molecule has 0 radical (unpaired) electrons. The summed E-state index contributed by atoms with van der Waals surface area (Å²) in [5, 5.41) is 12.8. The van der Waals surface area contributed by atoms with Gasteiger partial charge in [-0.1, -0.05) is 0 Å². The summed E-state index contributed by atoms with van der Waals surface area (Å²) >= 11 is 0. The van der Waals surface area contributed by atoms with Crippen LogP contribution >= 0.6 is 23.5 Å². The molecule has 1 saturated heterocycles. The number of aromatic amines is 2. The molecule has 1 fully saturated rings. The number of hydrogen-bond donors (Lipinski definition) is 8. The molecule has 1 amide bonds. The third-order valence-corrected chi connectivity index (χ3v) is 9.60. The fraction of sp³-hybridized carbons (Fsp3) is 0.368. The molecule has 4 heterocycles. The first-order chi connectivity index (χ1) is 20.9. The molecule has 45 heavy (non-hydrogen) atoms. The molecular formula is C19H24N7O16P3. The van der Waals surface area contributed by atoms with Crippen molar-refractivity contribution in [2.45, 2.75) is 31.4 Å². The van der Waals surface area contributed by atoms with Crippen molar-refractivity contribution in [1.82, 2.24) is 34.4 Å². The van der Waals surface area contributed by atoms with E-state index in [4.69, 9.17) is 14.5 Å². The van der Waals surface area contributed by atoms with Gasteiger partial charge in [-0.25, -0.2) is 28.5 Å². The first-order valence-corrected chi connectivity index (χ1v) is 16.8. The van der Waals surface area contributed by atoms with Crippen molar-refractivity contribution < 1.29 is 61.1 Å². The second kappa shape index (κ2) is 13.5. The summed E-state index contributed by atoms with van der Waals surface area (Å²) in [7, 11) is -16.9. The molecule has 0 saturated carbocycles. The molecule has 0 bridgehead atoms. The summed E-state index contributed by atoms with van der Waals surface area (Å²) in [6.45, 7) is -0.676. The predicted molar refractivity (Wildman–Crippen MR) is 146 cm³/mol. The quantitative estimate of drug-likeness (QED) is 0.0692. The smallest absolute Gasteiger partial charge is 0.390 e. The summed E-state index contributed by atoms with van der Waals surface area (Å²) in [6.07, 6.45) is 1.23. The second-order valence-electron chi connectivity index (χ2n) is 9.04. The molecule has 0 spiro atoms. The Morgan fingerprint density at radius 1 is 1.11 bits per heavy atom. The monoisotopic (exact) mass is 699 g/mol. The van der Waals surface area contributed by atoms with Crippen molar-refractivity contribution in [2.24, 2.45) is 0 Å². The molecule has 1 aliphatic rings. The van der Waals surface area contributed by atoms with Crippen LogP contribution < -0.4 is 22.1 Å². The number of amides is 1. The molecule has 246 valence electrons. The number of H-pyrrole nitrogens is 2. The van der Waals surface area contributed by atoms with Crippen LogP contribution in [0.25, 0.3) is 17.2 Å². The van der Waals surface area contributed by atoms with E-state index in [2.05, 4.69) is 33.4 Å². The van der Waals surface area contributed by atoms with E-state index in [-0.39, 0.29) is 30.6 Å². The lowest BCUT2D eigenvalue weighted by atomic mass is 10.2. The molecule has 3 aromatic rings. The standard InChI is InChI=1S/C19H24N7O16P3/c27-11-5-14(40-12(11)7-39-44(35,36)42-45(37,38)41-43(32,33)34)26-6-10(17(29)24-19(26)31)1-2-13(28)20-3-4-25-9-23-15-16(25)21-8-22-18(15)30/h1-2,6,8-9,11-12,14,27H,3-5,7H2,(H,20,28)(H,35,36)(H,37,38)(H,21,22,30)(H,24,29,31)(H2,32,33,34)/b2-1+/t11-,12-,14-/m1/s1. The van der Waals surface area contributed by atoms with Gasteiger partial charge in [-0.2, -0.15) is 8.62 Å². The van der Waals surface area contributed by atoms with Crippen LogP contribution in [0.1, 0.15) is 18.2 Å². The number of carbonyl (C=O) groups excluding carboxylic acids is 1. The number of aliphatic hydroxyl groups is 1. The lowest BCUT2D eigenvalue weighted by Gasteiger charge is -2.19. The summed E-state index contributed by atoms with van der Waals surface area (Å²) in [4.78, 5) is 97.1. The molecule has 2 unspecified atom stereocenters. The highest BCUT2D eigenvalue weighted by Crippen LogP contribution is 2.66. The third kappa shape index (κ3) is 9.30. The van der Waals surface area contributed by atoms with Crippen molar-refractivity contribution in [2.75, 3.05) is 13.2 Å². The molecule has 5 atom stereocenters. The number of hydrogen-bond acceptors (Lipinski definition) is 14. The van der Waals surface area contributed by atoms with Crippen LogP contribution in [0.3, 0.4) is 0 Å². The largest absolute Gasteiger partial charge is 0.490 e. The van der Waals surface area contributed by atoms with Crippen LogP contribution in [-0.2, 0) is 42.9 Å². The zero-order chi connectivity index (χ0) is 33.2. The topological polar surface area (TPSA) is 337 Å². The van der Waals surface area contributed by atoms with E-state index in [1.807, 2.05) is 4.98 Å². The molecule has 4 rings (SSSR count). The number of aromatic nitrogens is 6. The number of phosphoric acid groups is 3. The highest BCUT2D eigenvalue weighted by atomic mass is 31.3. The fourth-order valence-electron chi connectivity index (χ4n) is 3.92. The highest BCUT2D eigenvalue weighted by molar-refractivity contribution is 7.66. The van der Waals surface area contributed by atoms with Crippen LogP contribution in [-0.4, -0.2) is 85.0 Å². The average Bonchev–Trinajstić information content (AvgIpc) is 3.49. The minimum Gasteiger partial charge on any atom is -0.390 e. The lowest BCUT2D eigenvalue weighted by Crippen LogP contribution is -2.33. The molecule has 3 aromatic heterocycles. The number of phosphoric ester groups is 1. The van der Waals surface area contributed by atoms with Gasteiger partial charge in [-0.05, 0) is 6.08 Å². The number of carbonyl (C=O) groups is 1. The maximum absolute atomic E-state index is 12.4. The van der Waals surface area contributed by atoms with Gasteiger partial charge >= 0.3 is 29.2 Å². The highest BCUT2D eigenvalue weighted by Gasteiger charge is 2.43. The van der Waals surface area contributed by atoms with E-state index >= 15 is 0 Å². The Balaban J connectivity index is 1.35. The zero-order valence-corrected chi connectivity index (χ0v) is 25.0. The third-order valence-electron chi connectivity index (χ3n) is 5.80. The van der Waals surface area contributed by atoms with Gasteiger partial charge in [0.05, 0.1) is 30.9 Å². The number of imidazole rings is 1. The Kier molecular flexibility index (Phi) is 10.3. The maximum atomic E-state index is 12.4. The SMILES string of the molecule is O=C(/C=C/c1cn([C@H]2C[C@@H](O)[C@@H](COP(=O)(O)OP(=O)(O)OP(=O)(O)O)O2)c(=O)[nH]c1=O)NCCn1cnc2c(=O)[nH]cnc21. The number of nitrogens with one attached hydrogen (secondary N) is 3. The van der Waals surface area contributed by atoms with Gasteiger partial charge in [0.2, 0.25) is 5.91 Å². The van der Waals surface area contributed by atoms with Gasteiger partial charge in [0, 0.05) is 31.8 Å². The Morgan fingerprint density at radius 3 is 2.56 bits per heavy atom. The Bertz CT molecular complexity index is 1930. The molecule has 0 aliphatic carbocycles. The van der Waals surface area contributed by atoms with E-state index < -0.39 is 71.2 Å². The molecule has 1 aliphatic heterocycles. The van der Waals surface area contributed by atoms with Crippen molar-refractivity contribution in [3.8, 4) is 0 Å². The number of aliphatic hydroxyl groups excluding tert-OH is 1.